The smallest absolute Gasteiger partial charge is 0.306 e. The van der Waals surface area contributed by atoms with E-state index in [0.29, 0.717) is 19.3 Å². The van der Waals surface area contributed by atoms with Crippen LogP contribution in [0.1, 0.15) is 303 Å². The lowest BCUT2D eigenvalue weighted by molar-refractivity contribution is -0.167. The first kappa shape index (κ1) is 64.4. The minimum Gasteiger partial charge on any atom is -0.462 e. The molecule has 0 aliphatic rings. The van der Waals surface area contributed by atoms with E-state index in [2.05, 4.69) is 69.4 Å². The second-order valence-electron chi connectivity index (χ2n) is 19.5. The fraction of sp³-hybridized carbons (Fsp3) is 0.820. The summed E-state index contributed by atoms with van der Waals surface area (Å²) >= 11 is 0. The fourth-order valence-electron chi connectivity index (χ4n) is 8.33. The van der Waals surface area contributed by atoms with Gasteiger partial charge in [-0.05, 0) is 96.3 Å². The summed E-state index contributed by atoms with van der Waals surface area (Å²) in [6.45, 7) is 6.59. The first-order valence-electron chi connectivity index (χ1n) is 29.1. The number of hydrogen-bond acceptors (Lipinski definition) is 6. The van der Waals surface area contributed by atoms with Gasteiger partial charge in [0.1, 0.15) is 13.2 Å². The third-order valence-electron chi connectivity index (χ3n) is 12.8. The molecule has 0 aromatic carbocycles. The molecule has 0 unspecified atom stereocenters. The van der Waals surface area contributed by atoms with Gasteiger partial charge in [0.2, 0.25) is 0 Å². The number of esters is 3. The molecule has 0 radical (unpaired) electrons. The van der Waals surface area contributed by atoms with Crippen molar-refractivity contribution in [3.8, 4) is 0 Å². The quantitative estimate of drug-likeness (QED) is 0.0262. The van der Waals surface area contributed by atoms with Crippen molar-refractivity contribution in [2.45, 2.75) is 309 Å². The van der Waals surface area contributed by atoms with E-state index in [1.807, 2.05) is 0 Å². The summed E-state index contributed by atoms with van der Waals surface area (Å²) < 4.78 is 16.8. The maximum Gasteiger partial charge on any atom is 0.306 e. The van der Waals surface area contributed by atoms with E-state index < -0.39 is 6.10 Å². The highest BCUT2D eigenvalue weighted by atomic mass is 16.6. The monoisotopic (exact) mass is 939 g/mol. The summed E-state index contributed by atoms with van der Waals surface area (Å²) in [6.07, 6.45) is 68.2. The molecule has 0 aromatic heterocycles. The van der Waals surface area contributed by atoms with Gasteiger partial charge in [-0.3, -0.25) is 14.4 Å². The third kappa shape index (κ3) is 54.2. The molecular weight excluding hydrogens is 829 g/mol. The zero-order chi connectivity index (χ0) is 48.6. The summed E-state index contributed by atoms with van der Waals surface area (Å²) in [4.78, 5) is 38.1. The minimum atomic E-state index is -0.779. The molecule has 0 aromatic rings. The number of ether oxygens (including phenoxy) is 3. The number of carbonyl (C=O) groups is 3. The van der Waals surface area contributed by atoms with Gasteiger partial charge in [-0.25, -0.2) is 0 Å². The molecule has 67 heavy (non-hydrogen) atoms. The van der Waals surface area contributed by atoms with E-state index in [0.717, 1.165) is 83.5 Å². The molecule has 0 aliphatic carbocycles. The Morgan fingerprint density at radius 1 is 0.299 bits per heavy atom. The van der Waals surface area contributed by atoms with Crippen LogP contribution in [0, 0.1) is 0 Å². The van der Waals surface area contributed by atoms with Crippen molar-refractivity contribution >= 4 is 17.9 Å². The molecule has 0 amide bonds. The van der Waals surface area contributed by atoms with Gasteiger partial charge in [0.25, 0.3) is 0 Å². The molecule has 0 bridgehead atoms. The number of rotatable bonds is 53. The van der Waals surface area contributed by atoms with E-state index in [-0.39, 0.29) is 31.1 Å². The molecule has 6 nitrogen and oxygen atoms in total. The van der Waals surface area contributed by atoms with Gasteiger partial charge in [0, 0.05) is 19.3 Å². The minimum absolute atomic E-state index is 0.0778. The topological polar surface area (TPSA) is 78.9 Å². The van der Waals surface area contributed by atoms with Gasteiger partial charge >= 0.3 is 17.9 Å². The van der Waals surface area contributed by atoms with Gasteiger partial charge in [0.05, 0.1) is 0 Å². The molecule has 0 saturated heterocycles. The van der Waals surface area contributed by atoms with E-state index in [1.165, 1.54) is 180 Å². The molecule has 6 heteroatoms. The Kier molecular flexibility index (Phi) is 53.8. The van der Waals surface area contributed by atoms with Crippen LogP contribution < -0.4 is 0 Å². The van der Waals surface area contributed by atoms with Crippen LogP contribution >= 0.6 is 0 Å². The van der Waals surface area contributed by atoms with E-state index >= 15 is 0 Å². The van der Waals surface area contributed by atoms with Crippen molar-refractivity contribution in [2.75, 3.05) is 13.2 Å². The highest BCUT2D eigenvalue weighted by molar-refractivity contribution is 5.71. The van der Waals surface area contributed by atoms with Crippen molar-refractivity contribution < 1.29 is 28.6 Å². The lowest BCUT2D eigenvalue weighted by atomic mass is 10.0. The molecule has 0 N–H and O–H groups in total. The lowest BCUT2D eigenvalue weighted by Gasteiger charge is -2.18. The second-order valence-corrected chi connectivity index (χ2v) is 19.5. The molecular formula is C61H110O6. The summed E-state index contributed by atoms with van der Waals surface area (Å²) in [5.74, 6) is -0.884. The van der Waals surface area contributed by atoms with Crippen LogP contribution in [0.25, 0.3) is 0 Å². The van der Waals surface area contributed by atoms with Crippen LogP contribution in [0.2, 0.25) is 0 Å². The molecule has 0 saturated carbocycles. The van der Waals surface area contributed by atoms with Crippen LogP contribution in [-0.2, 0) is 28.6 Å². The van der Waals surface area contributed by atoms with Crippen LogP contribution in [0.4, 0.5) is 0 Å². The number of unbranched alkanes of at least 4 members (excludes halogenated alkanes) is 34. The second kappa shape index (κ2) is 56.0. The molecule has 0 spiro atoms. The summed E-state index contributed by atoms with van der Waals surface area (Å²) in [5, 5.41) is 0. The predicted octanol–water partition coefficient (Wildman–Crippen LogP) is 19.4. The first-order chi connectivity index (χ1) is 33.0. The summed E-state index contributed by atoms with van der Waals surface area (Å²) in [6, 6.07) is 0. The number of carbonyl (C=O) groups excluding carboxylic acids is 3. The molecule has 390 valence electrons. The zero-order valence-corrected chi connectivity index (χ0v) is 44.7. The molecule has 0 aliphatic heterocycles. The Balaban J connectivity index is 4.28. The van der Waals surface area contributed by atoms with Crippen LogP contribution in [0.3, 0.4) is 0 Å². The van der Waals surface area contributed by atoms with Crippen LogP contribution in [0.5, 0.6) is 0 Å². The average Bonchev–Trinajstić information content (AvgIpc) is 3.33. The van der Waals surface area contributed by atoms with Gasteiger partial charge in [0.15, 0.2) is 6.10 Å². The zero-order valence-electron chi connectivity index (χ0n) is 44.7. The van der Waals surface area contributed by atoms with Gasteiger partial charge < -0.3 is 14.2 Å². The SMILES string of the molecule is CCCC/C=C\CCCCCCCC(=O)O[C@H](COC(=O)CCCCCCCCC/C=C\C/C=C\CCCCC)COC(=O)CCCCCCCCCCCCC/C=C\CCCCCCCC. The Morgan fingerprint density at radius 2 is 0.552 bits per heavy atom. The van der Waals surface area contributed by atoms with Crippen molar-refractivity contribution in [3.05, 3.63) is 48.6 Å². The molecule has 0 fully saturated rings. The third-order valence-corrected chi connectivity index (χ3v) is 12.8. The van der Waals surface area contributed by atoms with Crippen LogP contribution in [0.15, 0.2) is 48.6 Å². The van der Waals surface area contributed by atoms with E-state index in [9.17, 15) is 14.4 Å². The van der Waals surface area contributed by atoms with Crippen molar-refractivity contribution in [1.29, 1.82) is 0 Å². The normalized spacial score (nSPS) is 12.3. The Labute approximate surface area is 416 Å². The van der Waals surface area contributed by atoms with Gasteiger partial charge in [-0.15, -0.1) is 0 Å². The standard InChI is InChI=1S/C61H110O6/c1-4-7-10-13-16-19-22-24-26-28-29-30-31-33-35-37-40-42-45-48-51-54-60(63)66-57-58(67-61(64)55-52-49-46-43-38-21-18-15-12-9-6-3)56-65-59(62)53-50-47-44-41-39-36-34-32-27-25-23-20-17-14-11-8-5-2/h15,17-18,20,24-27,58H,4-14,16,19,21-23,28-57H2,1-3H3/b18-15-,20-17-,26-24-,27-25-/t58-/m1/s1. The Hall–Kier alpha value is -2.63. The van der Waals surface area contributed by atoms with Crippen molar-refractivity contribution in [1.82, 2.24) is 0 Å². The summed E-state index contributed by atoms with van der Waals surface area (Å²) in [7, 11) is 0. The highest BCUT2D eigenvalue weighted by Gasteiger charge is 2.19. The Morgan fingerprint density at radius 3 is 0.910 bits per heavy atom. The van der Waals surface area contributed by atoms with E-state index in [1.54, 1.807) is 0 Å². The van der Waals surface area contributed by atoms with Gasteiger partial charge in [-0.1, -0.05) is 236 Å². The highest BCUT2D eigenvalue weighted by Crippen LogP contribution is 2.16. The molecule has 0 heterocycles. The molecule has 0 rings (SSSR count). The average molecular weight is 940 g/mol. The predicted molar refractivity (Wildman–Crippen MR) is 289 cm³/mol. The number of hydrogen-bond donors (Lipinski definition) is 0. The van der Waals surface area contributed by atoms with Crippen LogP contribution in [-0.4, -0.2) is 37.2 Å². The summed E-state index contributed by atoms with van der Waals surface area (Å²) in [5.41, 5.74) is 0. The van der Waals surface area contributed by atoms with Crippen molar-refractivity contribution in [2.24, 2.45) is 0 Å². The maximum absolute atomic E-state index is 12.8. The van der Waals surface area contributed by atoms with Crippen molar-refractivity contribution in [3.63, 3.8) is 0 Å². The van der Waals surface area contributed by atoms with E-state index in [4.69, 9.17) is 14.2 Å². The Bertz CT molecular complexity index is 1170. The van der Waals surface area contributed by atoms with Gasteiger partial charge in [-0.2, -0.15) is 0 Å². The largest absolute Gasteiger partial charge is 0.462 e. The fourth-order valence-corrected chi connectivity index (χ4v) is 8.33. The number of allylic oxidation sites excluding steroid dienone is 8. The first-order valence-corrected chi connectivity index (χ1v) is 29.1. The molecule has 1 atom stereocenters. The lowest BCUT2D eigenvalue weighted by Crippen LogP contribution is -2.30. The maximum atomic E-state index is 12.8.